The maximum absolute atomic E-state index is 5.44. The van der Waals surface area contributed by atoms with E-state index < -0.39 is 0 Å². The van der Waals surface area contributed by atoms with Crippen molar-refractivity contribution < 1.29 is 4.74 Å². The van der Waals surface area contributed by atoms with E-state index in [9.17, 15) is 0 Å². The molecule has 1 atom stereocenters. The van der Waals surface area contributed by atoms with Crippen molar-refractivity contribution in [2.75, 3.05) is 27.7 Å². The monoisotopic (exact) mass is 344 g/mol. The number of ether oxygens (including phenoxy) is 1. The van der Waals surface area contributed by atoms with Gasteiger partial charge in [0.05, 0.1) is 18.3 Å². The van der Waals surface area contributed by atoms with Crippen molar-refractivity contribution in [1.29, 1.82) is 0 Å². The molecule has 0 saturated carbocycles. The lowest BCUT2D eigenvalue weighted by atomic mass is 9.81. The maximum atomic E-state index is 5.44. The third-order valence-electron chi connectivity index (χ3n) is 5.02. The Labute approximate surface area is 154 Å². The highest BCUT2D eigenvalue weighted by molar-refractivity contribution is 5.88. The lowest BCUT2D eigenvalue weighted by molar-refractivity contribution is 0.362. The van der Waals surface area contributed by atoms with E-state index in [4.69, 9.17) is 9.72 Å². The summed E-state index contributed by atoms with van der Waals surface area (Å²) in [5.41, 5.74) is 6.04. The van der Waals surface area contributed by atoms with Gasteiger partial charge in [0, 0.05) is 17.8 Å². The van der Waals surface area contributed by atoms with Gasteiger partial charge in [0.25, 0.3) is 0 Å². The second kappa shape index (κ2) is 6.93. The zero-order chi connectivity index (χ0) is 18.1. The Balaban J connectivity index is 1.85. The Bertz CT molecular complexity index is 975. The molecule has 0 fully saturated rings. The lowest BCUT2D eigenvalue weighted by Gasteiger charge is -2.29. The number of benzene rings is 2. The van der Waals surface area contributed by atoms with Gasteiger partial charge in [-0.3, -0.25) is 0 Å². The highest BCUT2D eigenvalue weighted by Crippen LogP contribution is 2.36. The normalized spacial score (nSPS) is 16.5. The van der Waals surface area contributed by atoms with Crippen LogP contribution in [0, 0.1) is 5.92 Å². The van der Waals surface area contributed by atoms with Crippen LogP contribution in [0.15, 0.2) is 54.6 Å². The second-order valence-electron chi connectivity index (χ2n) is 7.22. The molecule has 1 aliphatic rings. The van der Waals surface area contributed by atoms with Gasteiger partial charge < -0.3 is 9.64 Å². The summed E-state index contributed by atoms with van der Waals surface area (Å²) >= 11 is 0. The van der Waals surface area contributed by atoms with Crippen LogP contribution in [0.1, 0.15) is 16.8 Å². The van der Waals surface area contributed by atoms with E-state index in [1.807, 2.05) is 12.1 Å². The highest BCUT2D eigenvalue weighted by Gasteiger charge is 2.24. The summed E-state index contributed by atoms with van der Waals surface area (Å²) in [6.45, 7) is 1.01. The van der Waals surface area contributed by atoms with Crippen LogP contribution < -0.4 is 4.74 Å². The second-order valence-corrected chi connectivity index (χ2v) is 7.22. The van der Waals surface area contributed by atoms with Crippen LogP contribution in [0.3, 0.4) is 0 Å². The number of rotatable bonds is 4. The fourth-order valence-corrected chi connectivity index (χ4v) is 3.83. The topological polar surface area (TPSA) is 25.4 Å². The molecular weight excluding hydrogens is 320 g/mol. The van der Waals surface area contributed by atoms with Gasteiger partial charge in [-0.2, -0.15) is 0 Å². The van der Waals surface area contributed by atoms with Crippen molar-refractivity contribution in [2.45, 2.75) is 6.42 Å². The maximum Gasteiger partial charge on any atom is 0.119 e. The average molecular weight is 344 g/mol. The summed E-state index contributed by atoms with van der Waals surface area (Å²) < 4.78 is 5.44. The van der Waals surface area contributed by atoms with Crippen LogP contribution in [0.5, 0.6) is 5.75 Å². The Kier molecular flexibility index (Phi) is 4.48. The molecule has 132 valence electrons. The molecule has 0 aliphatic heterocycles. The molecule has 0 spiro atoms. The standard InChI is InChI=1S/C23H24N2O/c1-25(2)15-19-12-18-11-17-7-4-5-10-22(17)24-23(18)14-21(19)16-8-6-9-20(13-16)26-3/h4-11,13-14,19H,12,15H2,1-3H3. The zero-order valence-corrected chi connectivity index (χ0v) is 15.6. The first-order valence-electron chi connectivity index (χ1n) is 9.03. The molecule has 3 heteroatoms. The molecule has 26 heavy (non-hydrogen) atoms. The van der Waals surface area contributed by atoms with Crippen molar-refractivity contribution in [3.8, 4) is 5.75 Å². The van der Waals surface area contributed by atoms with E-state index in [-0.39, 0.29) is 0 Å². The SMILES string of the molecule is COc1cccc(C2=Cc3nc4ccccc4cc3CC2CN(C)C)c1. The zero-order valence-electron chi connectivity index (χ0n) is 15.6. The Morgan fingerprint density at radius 2 is 1.92 bits per heavy atom. The molecule has 1 aliphatic carbocycles. The number of hydrogen-bond acceptors (Lipinski definition) is 3. The van der Waals surface area contributed by atoms with Gasteiger partial charge in [-0.1, -0.05) is 30.3 Å². The minimum absolute atomic E-state index is 0.438. The van der Waals surface area contributed by atoms with Crippen LogP contribution in [0.4, 0.5) is 0 Å². The molecule has 3 nitrogen and oxygen atoms in total. The molecule has 2 aromatic carbocycles. The van der Waals surface area contributed by atoms with Crippen molar-refractivity contribution >= 4 is 22.6 Å². The number of pyridine rings is 1. The van der Waals surface area contributed by atoms with Crippen LogP contribution in [-0.4, -0.2) is 37.6 Å². The van der Waals surface area contributed by atoms with Crippen molar-refractivity contribution in [3.05, 3.63) is 71.4 Å². The fraction of sp³-hybridized carbons (Fsp3) is 0.261. The van der Waals surface area contributed by atoms with Gasteiger partial charge in [0.15, 0.2) is 0 Å². The van der Waals surface area contributed by atoms with Crippen LogP contribution in [-0.2, 0) is 6.42 Å². The quantitative estimate of drug-likeness (QED) is 0.696. The third kappa shape index (κ3) is 3.23. The lowest BCUT2D eigenvalue weighted by Crippen LogP contribution is -2.26. The van der Waals surface area contributed by atoms with E-state index in [1.165, 1.54) is 22.1 Å². The van der Waals surface area contributed by atoms with E-state index in [0.717, 1.165) is 29.9 Å². The van der Waals surface area contributed by atoms with Gasteiger partial charge in [-0.05, 0) is 67.6 Å². The molecule has 3 aromatic rings. The molecule has 0 bridgehead atoms. The molecule has 1 unspecified atom stereocenters. The van der Waals surface area contributed by atoms with Gasteiger partial charge in [-0.15, -0.1) is 0 Å². The smallest absolute Gasteiger partial charge is 0.119 e. The van der Waals surface area contributed by atoms with Gasteiger partial charge >= 0.3 is 0 Å². The first-order chi connectivity index (χ1) is 12.6. The number of para-hydroxylation sites is 1. The minimum Gasteiger partial charge on any atom is -0.497 e. The largest absolute Gasteiger partial charge is 0.497 e. The summed E-state index contributed by atoms with van der Waals surface area (Å²) in [6.07, 6.45) is 3.28. The van der Waals surface area contributed by atoms with E-state index in [0.29, 0.717) is 5.92 Å². The van der Waals surface area contributed by atoms with Crippen molar-refractivity contribution in [3.63, 3.8) is 0 Å². The molecule has 1 heterocycles. The molecule has 0 amide bonds. The van der Waals surface area contributed by atoms with Gasteiger partial charge in [-0.25, -0.2) is 4.98 Å². The Morgan fingerprint density at radius 3 is 2.73 bits per heavy atom. The number of methoxy groups -OCH3 is 1. The van der Waals surface area contributed by atoms with Crippen LogP contribution >= 0.6 is 0 Å². The highest BCUT2D eigenvalue weighted by atomic mass is 16.5. The molecule has 0 radical (unpaired) electrons. The molecular formula is C23H24N2O. The third-order valence-corrected chi connectivity index (χ3v) is 5.02. The Hall–Kier alpha value is -2.65. The fourth-order valence-electron chi connectivity index (χ4n) is 3.83. The predicted molar refractivity (Wildman–Crippen MR) is 108 cm³/mol. The first kappa shape index (κ1) is 16.8. The molecule has 0 saturated heterocycles. The summed E-state index contributed by atoms with van der Waals surface area (Å²) in [7, 11) is 5.99. The summed E-state index contributed by atoms with van der Waals surface area (Å²) in [4.78, 5) is 7.19. The molecule has 4 rings (SSSR count). The van der Waals surface area contributed by atoms with Gasteiger partial charge in [0.2, 0.25) is 0 Å². The first-order valence-corrected chi connectivity index (χ1v) is 9.03. The summed E-state index contributed by atoms with van der Waals surface area (Å²) in [6, 6.07) is 19.0. The van der Waals surface area contributed by atoms with Crippen LogP contribution in [0.25, 0.3) is 22.6 Å². The minimum atomic E-state index is 0.438. The van der Waals surface area contributed by atoms with E-state index >= 15 is 0 Å². The number of aromatic nitrogens is 1. The Morgan fingerprint density at radius 1 is 1.08 bits per heavy atom. The van der Waals surface area contributed by atoms with Crippen LogP contribution in [0.2, 0.25) is 0 Å². The number of fused-ring (bicyclic) bond motifs is 2. The summed E-state index contributed by atoms with van der Waals surface area (Å²) in [5.74, 6) is 1.33. The van der Waals surface area contributed by atoms with Crippen molar-refractivity contribution in [1.82, 2.24) is 9.88 Å². The summed E-state index contributed by atoms with van der Waals surface area (Å²) in [5, 5.41) is 1.22. The van der Waals surface area contributed by atoms with Gasteiger partial charge in [0.1, 0.15) is 5.75 Å². The number of nitrogens with zero attached hydrogens (tertiary/aromatic N) is 2. The molecule has 1 aromatic heterocycles. The van der Waals surface area contributed by atoms with Crippen molar-refractivity contribution in [2.24, 2.45) is 5.92 Å². The average Bonchev–Trinajstić information content (AvgIpc) is 2.65. The van der Waals surface area contributed by atoms with E-state index in [1.54, 1.807) is 7.11 Å². The van der Waals surface area contributed by atoms with E-state index in [2.05, 4.69) is 67.5 Å². The molecule has 0 N–H and O–H groups in total. The number of hydrogen-bond donors (Lipinski definition) is 0. The predicted octanol–water partition coefficient (Wildman–Crippen LogP) is 4.52.